The van der Waals surface area contributed by atoms with E-state index in [0.29, 0.717) is 15.8 Å². The van der Waals surface area contributed by atoms with Gasteiger partial charge in [-0.15, -0.1) is 0 Å². The summed E-state index contributed by atoms with van der Waals surface area (Å²) >= 11 is 12.1. The van der Waals surface area contributed by atoms with Gasteiger partial charge in [-0.25, -0.2) is 0 Å². The molecule has 2 atom stereocenters. The van der Waals surface area contributed by atoms with Crippen LogP contribution in [0.25, 0.3) is 0 Å². The molecule has 2 aromatic heterocycles. The fourth-order valence-corrected chi connectivity index (χ4v) is 5.26. The van der Waals surface area contributed by atoms with Gasteiger partial charge in [-0.3, -0.25) is 4.98 Å². The van der Waals surface area contributed by atoms with E-state index in [-0.39, 0.29) is 17.8 Å². The van der Waals surface area contributed by atoms with Crippen LogP contribution in [0.5, 0.6) is 5.75 Å². The number of phenols is 1. The van der Waals surface area contributed by atoms with Crippen LogP contribution in [0, 0.1) is 13.8 Å². The van der Waals surface area contributed by atoms with E-state index in [1.165, 1.54) is 5.56 Å². The Labute approximate surface area is 209 Å². The molecule has 0 aliphatic carbocycles. The van der Waals surface area contributed by atoms with E-state index in [9.17, 15) is 5.11 Å². The second-order valence-electron chi connectivity index (χ2n) is 8.53. The number of nitrogens with one attached hydrogen (secondary N) is 1. The average molecular weight is 489 g/mol. The maximum absolute atomic E-state index is 10.8. The van der Waals surface area contributed by atoms with Crippen molar-refractivity contribution in [3.63, 3.8) is 0 Å². The van der Waals surface area contributed by atoms with Crippen molar-refractivity contribution in [2.24, 2.45) is 0 Å². The minimum Gasteiger partial charge on any atom is -0.506 e. The smallest absolute Gasteiger partial charge is 0.174 e. The summed E-state index contributed by atoms with van der Waals surface area (Å²) in [5.41, 5.74) is 6.11. The first-order chi connectivity index (χ1) is 16.4. The van der Waals surface area contributed by atoms with Gasteiger partial charge >= 0.3 is 0 Å². The molecule has 5 nitrogen and oxygen atoms in total. The lowest BCUT2D eigenvalue weighted by Crippen LogP contribution is -2.29. The van der Waals surface area contributed by atoms with Gasteiger partial charge in [0.1, 0.15) is 5.75 Å². The zero-order valence-electron chi connectivity index (χ0n) is 18.9. The highest BCUT2D eigenvalue weighted by Gasteiger charge is 2.43. The normalized spacial score (nSPS) is 17.7. The fraction of sp³-hybridized carbons (Fsp3) is 0.185. The van der Waals surface area contributed by atoms with Crippen LogP contribution in [-0.4, -0.2) is 19.8 Å². The van der Waals surface area contributed by atoms with Gasteiger partial charge in [0.25, 0.3) is 0 Å². The number of benzene rings is 2. The molecule has 0 radical (unpaired) electrons. The minimum absolute atomic E-state index is 0.123. The zero-order chi connectivity index (χ0) is 23.8. The molecule has 1 fully saturated rings. The van der Waals surface area contributed by atoms with Crippen molar-refractivity contribution in [3.05, 3.63) is 112 Å². The molecular weight excluding hydrogens is 464 g/mol. The first-order valence-corrected chi connectivity index (χ1v) is 11.9. The average Bonchev–Trinajstić information content (AvgIpc) is 3.32. The SMILES string of the molecule is Cc1cc([C@@H]2[C@H](c3ccccn3)NC(=S)N2c2cc(Cl)ccc2O)c(C)n1Cc1ccccc1. The van der Waals surface area contributed by atoms with Crippen LogP contribution in [-0.2, 0) is 6.54 Å². The summed E-state index contributed by atoms with van der Waals surface area (Å²) in [5, 5.41) is 15.3. The summed E-state index contributed by atoms with van der Waals surface area (Å²) in [6.45, 7) is 5.04. The van der Waals surface area contributed by atoms with Gasteiger partial charge in [0, 0.05) is 29.2 Å². The van der Waals surface area contributed by atoms with E-state index in [1.54, 1.807) is 24.4 Å². The molecule has 0 unspecified atom stereocenters. The van der Waals surface area contributed by atoms with Crippen LogP contribution in [0.3, 0.4) is 0 Å². The molecule has 0 bridgehead atoms. The molecular formula is C27H25ClN4OS. The Bertz CT molecular complexity index is 1340. The van der Waals surface area contributed by atoms with Crippen molar-refractivity contribution < 1.29 is 5.11 Å². The van der Waals surface area contributed by atoms with E-state index in [2.05, 4.69) is 59.0 Å². The van der Waals surface area contributed by atoms with E-state index in [4.69, 9.17) is 23.8 Å². The molecule has 2 aromatic carbocycles. The monoisotopic (exact) mass is 488 g/mol. The van der Waals surface area contributed by atoms with Crippen molar-refractivity contribution in [2.75, 3.05) is 4.90 Å². The number of anilines is 1. The quantitative estimate of drug-likeness (QED) is 0.333. The van der Waals surface area contributed by atoms with Gasteiger partial charge in [0.15, 0.2) is 5.11 Å². The van der Waals surface area contributed by atoms with Gasteiger partial charge < -0.3 is 19.9 Å². The van der Waals surface area contributed by atoms with Crippen molar-refractivity contribution in [1.29, 1.82) is 0 Å². The van der Waals surface area contributed by atoms with Crippen molar-refractivity contribution in [1.82, 2.24) is 14.9 Å². The standard InChI is InChI=1S/C27H25ClN4OS/c1-17-14-21(18(2)31(17)16-19-8-4-3-5-9-19)26-25(22-10-6-7-13-29-22)30-27(34)32(26)23-15-20(28)11-12-24(23)33/h3-15,25-26,33H,16H2,1-2H3,(H,30,34)/t25-,26+/m0/s1. The number of pyridine rings is 1. The molecule has 7 heteroatoms. The Kier molecular flexibility index (Phi) is 6.02. The highest BCUT2D eigenvalue weighted by Crippen LogP contribution is 2.46. The minimum atomic E-state index is -0.220. The number of nitrogens with zero attached hydrogens (tertiary/aromatic N) is 3. The summed E-state index contributed by atoms with van der Waals surface area (Å²) in [5.74, 6) is 0.123. The van der Waals surface area contributed by atoms with Crippen molar-refractivity contribution in [2.45, 2.75) is 32.5 Å². The number of phenolic OH excluding ortho intramolecular Hbond substituents is 1. The lowest BCUT2D eigenvalue weighted by atomic mass is 9.96. The van der Waals surface area contributed by atoms with Crippen LogP contribution < -0.4 is 10.2 Å². The summed E-state index contributed by atoms with van der Waals surface area (Å²) in [4.78, 5) is 6.58. The summed E-state index contributed by atoms with van der Waals surface area (Å²) < 4.78 is 2.32. The second kappa shape index (κ2) is 9.12. The molecule has 5 rings (SSSR count). The van der Waals surface area contributed by atoms with E-state index in [1.807, 2.05) is 29.2 Å². The zero-order valence-corrected chi connectivity index (χ0v) is 20.5. The molecule has 1 aliphatic heterocycles. The van der Waals surface area contributed by atoms with Gasteiger partial charge in [-0.1, -0.05) is 48.0 Å². The van der Waals surface area contributed by atoms with Crippen molar-refractivity contribution >= 4 is 34.6 Å². The molecule has 2 N–H and O–H groups in total. The highest BCUT2D eigenvalue weighted by molar-refractivity contribution is 7.80. The third-order valence-corrected chi connectivity index (χ3v) is 6.96. The number of aromatic nitrogens is 2. The molecule has 0 amide bonds. The largest absolute Gasteiger partial charge is 0.506 e. The van der Waals surface area contributed by atoms with E-state index < -0.39 is 0 Å². The van der Waals surface area contributed by atoms with Crippen LogP contribution >= 0.6 is 23.8 Å². The molecule has 4 aromatic rings. The van der Waals surface area contributed by atoms with Crippen LogP contribution in [0.15, 0.2) is 79.0 Å². The lowest BCUT2D eigenvalue weighted by molar-refractivity contribution is 0.472. The molecule has 1 saturated heterocycles. The Morgan fingerprint density at radius 2 is 1.79 bits per heavy atom. The maximum Gasteiger partial charge on any atom is 0.174 e. The maximum atomic E-state index is 10.8. The summed E-state index contributed by atoms with van der Waals surface area (Å²) in [7, 11) is 0. The second-order valence-corrected chi connectivity index (χ2v) is 9.35. The molecule has 3 heterocycles. The first-order valence-electron chi connectivity index (χ1n) is 11.1. The lowest BCUT2D eigenvalue weighted by Gasteiger charge is -2.28. The fourth-order valence-electron chi connectivity index (χ4n) is 4.76. The van der Waals surface area contributed by atoms with Crippen LogP contribution in [0.2, 0.25) is 5.02 Å². The van der Waals surface area contributed by atoms with Crippen LogP contribution in [0.1, 0.15) is 40.3 Å². The third kappa shape index (κ3) is 4.04. The predicted octanol–water partition coefficient (Wildman–Crippen LogP) is 6.08. The first kappa shape index (κ1) is 22.4. The van der Waals surface area contributed by atoms with Crippen LogP contribution in [0.4, 0.5) is 5.69 Å². The molecule has 0 saturated carbocycles. The predicted molar refractivity (Wildman–Crippen MR) is 140 cm³/mol. The number of rotatable bonds is 5. The summed E-state index contributed by atoms with van der Waals surface area (Å²) in [6.07, 6.45) is 1.79. The molecule has 34 heavy (non-hydrogen) atoms. The van der Waals surface area contributed by atoms with E-state index in [0.717, 1.165) is 29.2 Å². The molecule has 172 valence electrons. The van der Waals surface area contributed by atoms with Gasteiger partial charge in [0.05, 0.1) is 23.5 Å². The highest BCUT2D eigenvalue weighted by atomic mass is 35.5. The Hall–Kier alpha value is -3.35. The topological polar surface area (TPSA) is 53.3 Å². The number of halogens is 1. The Morgan fingerprint density at radius 1 is 1.03 bits per heavy atom. The van der Waals surface area contributed by atoms with Gasteiger partial charge in [-0.2, -0.15) is 0 Å². The summed E-state index contributed by atoms with van der Waals surface area (Å²) in [6, 6.07) is 23.1. The number of hydrogen-bond donors (Lipinski definition) is 2. The molecule has 0 spiro atoms. The van der Waals surface area contributed by atoms with Crippen molar-refractivity contribution in [3.8, 4) is 5.75 Å². The number of aromatic hydroxyl groups is 1. The van der Waals surface area contributed by atoms with E-state index >= 15 is 0 Å². The van der Waals surface area contributed by atoms with Gasteiger partial charge in [-0.05, 0) is 73.6 Å². The third-order valence-electron chi connectivity index (χ3n) is 6.41. The molecule has 1 aliphatic rings. The number of hydrogen-bond acceptors (Lipinski definition) is 3. The Morgan fingerprint density at radius 3 is 2.53 bits per heavy atom. The van der Waals surface area contributed by atoms with Gasteiger partial charge in [0.2, 0.25) is 0 Å². The Balaban J connectivity index is 1.65. The number of thiocarbonyl (C=S) groups is 1. The number of aryl methyl sites for hydroxylation is 1.